The van der Waals surface area contributed by atoms with E-state index in [1.54, 1.807) is 0 Å². The van der Waals surface area contributed by atoms with E-state index in [2.05, 4.69) is 31.0 Å². The largest absolute Gasteiger partial charge is 0.343 e. The van der Waals surface area contributed by atoms with E-state index >= 15 is 0 Å². The van der Waals surface area contributed by atoms with Gasteiger partial charge in [-0.2, -0.15) is 0 Å². The first-order valence-corrected chi connectivity index (χ1v) is 8.45. The van der Waals surface area contributed by atoms with Gasteiger partial charge in [-0.1, -0.05) is 20.8 Å². The fourth-order valence-corrected chi connectivity index (χ4v) is 3.65. The van der Waals surface area contributed by atoms with Crippen LogP contribution in [-0.4, -0.2) is 37.0 Å². The molecule has 0 spiro atoms. The fraction of sp³-hybridized carbons (Fsp3) is 0.941. The number of amides is 1. The molecule has 3 heteroatoms. The maximum Gasteiger partial charge on any atom is 0.222 e. The second kappa shape index (κ2) is 6.93. The minimum atomic E-state index is 0.393. The minimum absolute atomic E-state index is 0.393. The lowest BCUT2D eigenvalue weighted by Crippen LogP contribution is -2.41. The molecule has 0 saturated carbocycles. The molecule has 0 atom stereocenters. The highest BCUT2D eigenvalue weighted by atomic mass is 16.2. The maximum absolute atomic E-state index is 12.3. The van der Waals surface area contributed by atoms with Gasteiger partial charge in [-0.05, 0) is 62.4 Å². The van der Waals surface area contributed by atoms with Gasteiger partial charge in [0.2, 0.25) is 5.91 Å². The summed E-state index contributed by atoms with van der Waals surface area (Å²) in [7, 11) is 0. The molecule has 116 valence electrons. The first kappa shape index (κ1) is 15.8. The molecule has 1 N–H and O–H groups in total. The number of piperidine rings is 2. The van der Waals surface area contributed by atoms with E-state index in [0.717, 1.165) is 50.9 Å². The molecular formula is C17H32N2O. The predicted molar refractivity (Wildman–Crippen MR) is 83.6 cm³/mol. The van der Waals surface area contributed by atoms with Crippen LogP contribution in [0.3, 0.4) is 0 Å². The van der Waals surface area contributed by atoms with E-state index in [1.807, 2.05) is 0 Å². The average molecular weight is 280 g/mol. The number of hydrogen-bond acceptors (Lipinski definition) is 2. The Morgan fingerprint density at radius 2 is 1.70 bits per heavy atom. The molecule has 0 bridgehead atoms. The van der Waals surface area contributed by atoms with Gasteiger partial charge in [-0.3, -0.25) is 4.79 Å². The van der Waals surface area contributed by atoms with Gasteiger partial charge in [0.25, 0.3) is 0 Å². The highest BCUT2D eigenvalue weighted by Crippen LogP contribution is 2.34. The second-order valence-corrected chi connectivity index (χ2v) is 7.75. The van der Waals surface area contributed by atoms with Crippen LogP contribution < -0.4 is 5.32 Å². The third-order valence-corrected chi connectivity index (χ3v) is 5.30. The third-order valence-electron chi connectivity index (χ3n) is 5.30. The molecule has 0 aromatic rings. The number of hydrogen-bond donors (Lipinski definition) is 1. The summed E-state index contributed by atoms with van der Waals surface area (Å²) in [5.41, 5.74) is 0.393. The van der Waals surface area contributed by atoms with Crippen molar-refractivity contribution in [3.8, 4) is 0 Å². The van der Waals surface area contributed by atoms with Crippen molar-refractivity contribution >= 4 is 5.91 Å². The van der Waals surface area contributed by atoms with Crippen LogP contribution in [0.2, 0.25) is 0 Å². The lowest BCUT2D eigenvalue weighted by molar-refractivity contribution is -0.133. The number of nitrogens with zero attached hydrogens (tertiary/aromatic N) is 1. The Hall–Kier alpha value is -0.570. The molecule has 2 saturated heterocycles. The van der Waals surface area contributed by atoms with Crippen LogP contribution in [0.25, 0.3) is 0 Å². The molecule has 0 aliphatic carbocycles. The number of nitrogens with one attached hydrogen (secondary N) is 1. The zero-order valence-electron chi connectivity index (χ0n) is 13.6. The zero-order valence-corrected chi connectivity index (χ0v) is 13.6. The van der Waals surface area contributed by atoms with Crippen molar-refractivity contribution in [1.82, 2.24) is 10.2 Å². The maximum atomic E-state index is 12.3. The number of rotatable bonds is 3. The molecule has 3 nitrogen and oxygen atoms in total. The van der Waals surface area contributed by atoms with Crippen molar-refractivity contribution in [3.05, 3.63) is 0 Å². The average Bonchev–Trinajstić information content (AvgIpc) is 2.45. The van der Waals surface area contributed by atoms with Gasteiger partial charge in [0.15, 0.2) is 0 Å². The van der Waals surface area contributed by atoms with Crippen LogP contribution in [0.4, 0.5) is 0 Å². The van der Waals surface area contributed by atoms with E-state index < -0.39 is 0 Å². The molecule has 0 radical (unpaired) electrons. The Labute approximate surface area is 124 Å². The Kier molecular flexibility index (Phi) is 5.48. The van der Waals surface area contributed by atoms with Gasteiger partial charge in [0, 0.05) is 19.5 Å². The Morgan fingerprint density at radius 1 is 1.10 bits per heavy atom. The summed E-state index contributed by atoms with van der Waals surface area (Å²) >= 11 is 0. The lowest BCUT2D eigenvalue weighted by Gasteiger charge is -2.39. The highest BCUT2D eigenvalue weighted by molar-refractivity contribution is 5.76. The van der Waals surface area contributed by atoms with E-state index in [-0.39, 0.29) is 0 Å². The second-order valence-electron chi connectivity index (χ2n) is 7.75. The Morgan fingerprint density at radius 3 is 2.25 bits per heavy atom. The van der Waals surface area contributed by atoms with Crippen molar-refractivity contribution in [1.29, 1.82) is 0 Å². The molecule has 0 unspecified atom stereocenters. The molecule has 0 aromatic carbocycles. The molecule has 2 heterocycles. The van der Waals surface area contributed by atoms with Gasteiger partial charge in [-0.25, -0.2) is 0 Å². The summed E-state index contributed by atoms with van der Waals surface area (Å²) in [5.74, 6) is 1.94. The van der Waals surface area contributed by atoms with E-state index in [4.69, 9.17) is 0 Å². The monoisotopic (exact) mass is 280 g/mol. The number of likely N-dealkylation sites (tertiary alicyclic amines) is 1. The summed E-state index contributed by atoms with van der Waals surface area (Å²) < 4.78 is 0. The van der Waals surface area contributed by atoms with Crippen LogP contribution in [0.5, 0.6) is 0 Å². The lowest BCUT2D eigenvalue weighted by atomic mass is 9.75. The topological polar surface area (TPSA) is 32.3 Å². The molecule has 1 amide bonds. The summed E-state index contributed by atoms with van der Waals surface area (Å²) in [4.78, 5) is 14.4. The van der Waals surface area contributed by atoms with Crippen LogP contribution in [0, 0.1) is 17.3 Å². The van der Waals surface area contributed by atoms with Crippen LogP contribution in [-0.2, 0) is 4.79 Å². The SMILES string of the molecule is CC(C)(C)C1CCN(C(=O)CCC2CCNCC2)CC1. The van der Waals surface area contributed by atoms with Crippen LogP contribution in [0.1, 0.15) is 59.3 Å². The van der Waals surface area contributed by atoms with Gasteiger partial charge >= 0.3 is 0 Å². The summed E-state index contributed by atoms with van der Waals surface area (Å²) in [5, 5.41) is 3.39. The normalized spacial score (nSPS) is 23.1. The van der Waals surface area contributed by atoms with Crippen LogP contribution >= 0.6 is 0 Å². The van der Waals surface area contributed by atoms with Crippen molar-refractivity contribution in [3.63, 3.8) is 0 Å². The summed E-state index contributed by atoms with van der Waals surface area (Å²) in [6.07, 6.45) is 6.73. The Bertz CT molecular complexity index is 307. The van der Waals surface area contributed by atoms with E-state index in [9.17, 15) is 4.79 Å². The van der Waals surface area contributed by atoms with Crippen molar-refractivity contribution in [2.45, 2.75) is 59.3 Å². The molecule has 20 heavy (non-hydrogen) atoms. The van der Waals surface area contributed by atoms with Crippen molar-refractivity contribution in [2.75, 3.05) is 26.2 Å². The molecule has 2 aliphatic rings. The highest BCUT2D eigenvalue weighted by Gasteiger charge is 2.30. The third kappa shape index (κ3) is 4.47. The smallest absolute Gasteiger partial charge is 0.222 e. The molecule has 0 aromatic heterocycles. The quantitative estimate of drug-likeness (QED) is 0.862. The van der Waals surface area contributed by atoms with Gasteiger partial charge in [0.05, 0.1) is 0 Å². The van der Waals surface area contributed by atoms with Gasteiger partial charge in [-0.15, -0.1) is 0 Å². The standard InChI is InChI=1S/C17H32N2O/c1-17(2,3)15-8-12-19(13-9-15)16(20)5-4-14-6-10-18-11-7-14/h14-15,18H,4-13H2,1-3H3. The van der Waals surface area contributed by atoms with Gasteiger partial charge in [0.1, 0.15) is 0 Å². The van der Waals surface area contributed by atoms with Crippen LogP contribution in [0.15, 0.2) is 0 Å². The molecule has 2 aliphatic heterocycles. The van der Waals surface area contributed by atoms with Gasteiger partial charge < -0.3 is 10.2 Å². The molecule has 2 fully saturated rings. The zero-order chi connectivity index (χ0) is 14.6. The summed E-state index contributed by atoms with van der Waals surface area (Å²) in [6, 6.07) is 0. The number of carbonyl (C=O) groups is 1. The van der Waals surface area contributed by atoms with E-state index in [1.165, 1.54) is 25.7 Å². The first-order valence-electron chi connectivity index (χ1n) is 8.45. The first-order chi connectivity index (χ1) is 9.47. The number of carbonyl (C=O) groups excluding carboxylic acids is 1. The van der Waals surface area contributed by atoms with Crippen molar-refractivity contribution < 1.29 is 4.79 Å². The molecular weight excluding hydrogens is 248 g/mol. The fourth-order valence-electron chi connectivity index (χ4n) is 3.65. The summed E-state index contributed by atoms with van der Waals surface area (Å²) in [6.45, 7) is 11.2. The molecule has 2 rings (SSSR count). The van der Waals surface area contributed by atoms with Crippen molar-refractivity contribution in [2.24, 2.45) is 17.3 Å². The van der Waals surface area contributed by atoms with E-state index in [0.29, 0.717) is 11.3 Å². The predicted octanol–water partition coefficient (Wildman–Crippen LogP) is 3.05. The minimum Gasteiger partial charge on any atom is -0.343 e. The Balaban J connectivity index is 1.69.